The lowest BCUT2D eigenvalue weighted by Gasteiger charge is -2.81. The van der Waals surface area contributed by atoms with Crippen molar-refractivity contribution in [3.63, 3.8) is 0 Å². The van der Waals surface area contributed by atoms with Gasteiger partial charge in [0.1, 0.15) is 0 Å². The average Bonchev–Trinajstić information content (AvgIpc) is 2.19. The molecule has 10 heavy (non-hydrogen) atoms. The Morgan fingerprint density at radius 2 is 2.10 bits per heavy atom. The molecule has 5 aliphatic rings. The summed E-state index contributed by atoms with van der Waals surface area (Å²) >= 11 is 0. The first-order valence-electron chi connectivity index (χ1n) is 4.33. The number of rotatable bonds is 0. The van der Waals surface area contributed by atoms with Gasteiger partial charge in [-0.2, -0.15) is 0 Å². The summed E-state index contributed by atoms with van der Waals surface area (Å²) in [6, 6.07) is 0. The molecule has 0 aromatic carbocycles. The van der Waals surface area contributed by atoms with E-state index in [1.165, 1.54) is 19.3 Å². The van der Waals surface area contributed by atoms with Crippen molar-refractivity contribution in [2.24, 2.45) is 22.5 Å². The van der Waals surface area contributed by atoms with Crippen LogP contribution in [0.1, 0.15) is 33.1 Å². The van der Waals surface area contributed by atoms with E-state index in [-0.39, 0.29) is 0 Å². The van der Waals surface area contributed by atoms with Crippen LogP contribution in [0.4, 0.5) is 0 Å². The molecule has 0 amide bonds. The first-order chi connectivity index (χ1) is 4.55. The Bertz CT molecular complexity index is 207. The van der Waals surface area contributed by atoms with Gasteiger partial charge in [-0.05, 0) is 36.0 Å². The maximum Gasteiger partial charge on any atom is 0.0253 e. The highest BCUT2D eigenvalue weighted by Crippen LogP contribution is 2.87. The van der Waals surface area contributed by atoms with E-state index in [0.717, 1.165) is 5.92 Å². The second kappa shape index (κ2) is 0.989. The van der Waals surface area contributed by atoms with Crippen LogP contribution in [0.2, 0.25) is 0 Å². The molecule has 2 N–H and O–H groups in total. The molecule has 56 valence electrons. The first-order valence-corrected chi connectivity index (χ1v) is 4.33. The molecule has 4 atom stereocenters. The quantitative estimate of drug-likeness (QED) is 0.538. The monoisotopic (exact) mass is 137 g/mol. The van der Waals surface area contributed by atoms with Crippen LogP contribution < -0.4 is 5.73 Å². The van der Waals surface area contributed by atoms with E-state index in [1.54, 1.807) is 0 Å². The van der Waals surface area contributed by atoms with Crippen molar-refractivity contribution in [2.75, 3.05) is 0 Å². The average molecular weight is 137 g/mol. The van der Waals surface area contributed by atoms with Gasteiger partial charge in [-0.1, -0.05) is 13.8 Å². The molecule has 0 saturated heterocycles. The molecule has 0 aliphatic heterocycles. The smallest absolute Gasteiger partial charge is 0.0253 e. The van der Waals surface area contributed by atoms with Gasteiger partial charge in [0.15, 0.2) is 0 Å². The molecule has 0 unspecified atom stereocenters. The number of hydrogen-bond donors (Lipinski definition) is 1. The van der Waals surface area contributed by atoms with Gasteiger partial charge in [0.05, 0.1) is 0 Å². The van der Waals surface area contributed by atoms with E-state index in [9.17, 15) is 0 Å². The van der Waals surface area contributed by atoms with Crippen LogP contribution in [-0.2, 0) is 0 Å². The molecule has 0 heterocycles. The van der Waals surface area contributed by atoms with Crippen LogP contribution in [0.15, 0.2) is 0 Å². The van der Waals surface area contributed by atoms with E-state index in [4.69, 9.17) is 5.73 Å². The zero-order chi connectivity index (χ0) is 7.20. The van der Waals surface area contributed by atoms with Crippen LogP contribution in [0.3, 0.4) is 0 Å². The second-order valence-corrected chi connectivity index (χ2v) is 5.06. The Kier molecular flexibility index (Phi) is 0.553. The Balaban J connectivity index is 2.16. The van der Waals surface area contributed by atoms with Gasteiger partial charge >= 0.3 is 0 Å². The highest BCUT2D eigenvalue weighted by molar-refractivity contribution is 5.40. The SMILES string of the molecule is C[C@]12CC[C@@H]3[C@]1(C)C[C@@]32N. The summed E-state index contributed by atoms with van der Waals surface area (Å²) < 4.78 is 0. The van der Waals surface area contributed by atoms with Crippen molar-refractivity contribution in [2.45, 2.75) is 38.6 Å². The fraction of sp³-hybridized carbons (Fsp3) is 1.00. The van der Waals surface area contributed by atoms with E-state index in [1.807, 2.05) is 0 Å². The molecule has 5 rings (SSSR count). The van der Waals surface area contributed by atoms with Gasteiger partial charge in [0.2, 0.25) is 0 Å². The molecule has 4 bridgehead atoms. The maximum atomic E-state index is 6.26. The minimum atomic E-state index is 0.293. The normalized spacial score (nSPS) is 76.5. The zero-order valence-electron chi connectivity index (χ0n) is 6.78. The Labute approximate surface area is 62.0 Å². The van der Waals surface area contributed by atoms with E-state index in [2.05, 4.69) is 13.8 Å². The van der Waals surface area contributed by atoms with Crippen molar-refractivity contribution >= 4 is 0 Å². The summed E-state index contributed by atoms with van der Waals surface area (Å²) in [7, 11) is 0. The number of hydrogen-bond acceptors (Lipinski definition) is 1. The van der Waals surface area contributed by atoms with Crippen LogP contribution in [0.5, 0.6) is 0 Å². The molecule has 0 radical (unpaired) electrons. The summed E-state index contributed by atoms with van der Waals surface area (Å²) in [5.74, 6) is 0.894. The van der Waals surface area contributed by atoms with Crippen molar-refractivity contribution < 1.29 is 0 Å². The van der Waals surface area contributed by atoms with Gasteiger partial charge in [0, 0.05) is 5.54 Å². The Morgan fingerprint density at radius 1 is 1.40 bits per heavy atom. The van der Waals surface area contributed by atoms with Gasteiger partial charge in [-0.3, -0.25) is 0 Å². The lowest BCUT2D eigenvalue weighted by atomic mass is 9.26. The molecule has 0 spiro atoms. The summed E-state index contributed by atoms with van der Waals surface area (Å²) in [4.78, 5) is 0. The predicted molar refractivity (Wildman–Crippen MR) is 40.5 cm³/mol. The molecular formula is C9H15N. The van der Waals surface area contributed by atoms with Crippen molar-refractivity contribution in [3.8, 4) is 0 Å². The standard InChI is InChI=1S/C9H15N/c1-7-5-9(10)6(7)3-4-8(7,9)2/h6H,3-5,10H2,1-2H3/t6-,7+,8+,9-/m1/s1. The van der Waals surface area contributed by atoms with E-state index < -0.39 is 0 Å². The van der Waals surface area contributed by atoms with Crippen LogP contribution >= 0.6 is 0 Å². The third kappa shape index (κ3) is 0.219. The highest BCUT2D eigenvalue weighted by atomic mass is 15.1. The Hall–Kier alpha value is -0.0400. The summed E-state index contributed by atoms with van der Waals surface area (Å²) in [5, 5.41) is 0. The third-order valence-corrected chi connectivity index (χ3v) is 5.27. The fourth-order valence-corrected chi connectivity index (χ4v) is 4.33. The number of nitrogens with two attached hydrogens (primary N) is 1. The summed E-state index contributed by atoms with van der Waals surface area (Å²) in [6.45, 7) is 4.82. The Morgan fingerprint density at radius 3 is 2.30 bits per heavy atom. The van der Waals surface area contributed by atoms with Gasteiger partial charge in [0.25, 0.3) is 0 Å². The lowest BCUT2D eigenvalue weighted by molar-refractivity contribution is -0.285. The van der Waals surface area contributed by atoms with Gasteiger partial charge < -0.3 is 5.73 Å². The van der Waals surface area contributed by atoms with E-state index in [0.29, 0.717) is 16.4 Å². The third-order valence-electron chi connectivity index (χ3n) is 5.27. The van der Waals surface area contributed by atoms with E-state index >= 15 is 0 Å². The summed E-state index contributed by atoms with van der Waals surface area (Å²) in [5.41, 5.74) is 7.76. The predicted octanol–water partition coefficient (Wildman–Crippen LogP) is 1.52. The molecule has 0 aromatic heterocycles. The molecule has 1 heteroatoms. The second-order valence-electron chi connectivity index (χ2n) is 5.06. The molecule has 1 nitrogen and oxygen atoms in total. The van der Waals surface area contributed by atoms with Crippen LogP contribution in [0, 0.1) is 16.7 Å². The highest BCUT2D eigenvalue weighted by Gasteiger charge is 2.87. The van der Waals surface area contributed by atoms with Crippen LogP contribution in [0.25, 0.3) is 0 Å². The largest absolute Gasteiger partial charge is 0.324 e. The molecule has 5 fully saturated rings. The molecule has 5 saturated carbocycles. The molecule has 0 aromatic rings. The minimum absolute atomic E-state index is 0.293. The summed E-state index contributed by atoms with van der Waals surface area (Å²) in [6.07, 6.45) is 4.11. The van der Waals surface area contributed by atoms with Crippen LogP contribution in [-0.4, -0.2) is 5.54 Å². The maximum absolute atomic E-state index is 6.26. The lowest BCUT2D eigenvalue weighted by Crippen LogP contribution is -2.86. The van der Waals surface area contributed by atoms with Crippen molar-refractivity contribution in [3.05, 3.63) is 0 Å². The zero-order valence-corrected chi connectivity index (χ0v) is 6.78. The topological polar surface area (TPSA) is 26.0 Å². The molecule has 5 aliphatic carbocycles. The molecular weight excluding hydrogens is 122 g/mol. The first kappa shape index (κ1) is 5.59. The van der Waals surface area contributed by atoms with Gasteiger partial charge in [-0.15, -0.1) is 0 Å². The van der Waals surface area contributed by atoms with Crippen molar-refractivity contribution in [1.29, 1.82) is 0 Å². The fourth-order valence-electron chi connectivity index (χ4n) is 4.33. The van der Waals surface area contributed by atoms with Gasteiger partial charge in [-0.25, -0.2) is 0 Å². The van der Waals surface area contributed by atoms with Crippen molar-refractivity contribution in [1.82, 2.24) is 0 Å². The number of fused-ring (bicyclic) bond motifs is 1. The minimum Gasteiger partial charge on any atom is -0.324 e.